The van der Waals surface area contributed by atoms with Crippen molar-refractivity contribution < 1.29 is 27.1 Å². The minimum Gasteiger partial charge on any atom is -0.491 e. The second-order valence-corrected chi connectivity index (χ2v) is 10.7. The van der Waals surface area contributed by atoms with Crippen LogP contribution in [0.25, 0.3) is 0 Å². The first-order chi connectivity index (χ1) is 17.2. The van der Waals surface area contributed by atoms with Gasteiger partial charge in [0.1, 0.15) is 5.56 Å². The maximum atomic E-state index is 14.5. The standard InChI is InChI=1S/C30H36F4O2/c1-3-36-27-17-16-25(28(29(27)31)30(32,33)34)26(35)18-20-6-10-22(11-7-20)24-14-12-23(13-15-24)21-8-4-19(2)5-9-21/h6-7,10-11,16-17,19,21,23-24H,3-5,8-9,12-15,18H2,1-2H3. The minimum atomic E-state index is -5.00. The van der Waals surface area contributed by atoms with Crippen LogP contribution >= 0.6 is 0 Å². The number of hydrogen-bond acceptors (Lipinski definition) is 2. The van der Waals surface area contributed by atoms with Crippen molar-refractivity contribution in [1.29, 1.82) is 0 Å². The third-order valence-corrected chi connectivity index (χ3v) is 8.31. The van der Waals surface area contributed by atoms with Gasteiger partial charge in [0.2, 0.25) is 0 Å². The smallest absolute Gasteiger partial charge is 0.420 e. The van der Waals surface area contributed by atoms with Crippen molar-refractivity contribution in [2.24, 2.45) is 17.8 Å². The van der Waals surface area contributed by atoms with Gasteiger partial charge in [-0.05, 0) is 92.4 Å². The molecule has 0 amide bonds. The average Bonchev–Trinajstić information content (AvgIpc) is 2.85. The Balaban J connectivity index is 1.39. The van der Waals surface area contributed by atoms with E-state index in [0.29, 0.717) is 11.5 Å². The van der Waals surface area contributed by atoms with Gasteiger partial charge in [-0.3, -0.25) is 4.79 Å². The van der Waals surface area contributed by atoms with Gasteiger partial charge in [-0.2, -0.15) is 13.2 Å². The number of rotatable bonds is 7. The van der Waals surface area contributed by atoms with Crippen molar-refractivity contribution in [3.05, 3.63) is 64.5 Å². The first-order valence-corrected chi connectivity index (χ1v) is 13.3. The summed E-state index contributed by atoms with van der Waals surface area (Å²) in [6, 6.07) is 9.74. The van der Waals surface area contributed by atoms with Crippen molar-refractivity contribution in [1.82, 2.24) is 0 Å². The molecular formula is C30H36F4O2. The molecule has 0 aromatic heterocycles. The predicted octanol–water partition coefficient (Wildman–Crippen LogP) is 8.77. The molecule has 0 unspecified atom stereocenters. The molecule has 2 aromatic carbocycles. The van der Waals surface area contributed by atoms with Gasteiger partial charge in [0.15, 0.2) is 17.3 Å². The molecule has 0 radical (unpaired) electrons. The second-order valence-electron chi connectivity index (χ2n) is 10.7. The van der Waals surface area contributed by atoms with Gasteiger partial charge in [-0.1, -0.05) is 44.0 Å². The molecule has 0 heterocycles. The molecule has 0 saturated heterocycles. The van der Waals surface area contributed by atoms with Crippen molar-refractivity contribution in [2.45, 2.75) is 83.7 Å². The lowest BCUT2D eigenvalue weighted by Gasteiger charge is -2.37. The Kier molecular flexibility index (Phi) is 8.41. The highest BCUT2D eigenvalue weighted by atomic mass is 19.4. The maximum Gasteiger partial charge on any atom is 0.420 e. The van der Waals surface area contributed by atoms with Gasteiger partial charge in [-0.25, -0.2) is 4.39 Å². The number of Topliss-reactive ketones (excluding diaryl/α,β-unsaturated/α-hetero) is 1. The lowest BCUT2D eigenvalue weighted by atomic mass is 9.68. The van der Waals surface area contributed by atoms with Crippen LogP contribution < -0.4 is 4.74 Å². The van der Waals surface area contributed by atoms with Crippen LogP contribution in [0.1, 0.15) is 98.2 Å². The number of benzene rings is 2. The van der Waals surface area contributed by atoms with Crippen LogP contribution in [-0.2, 0) is 12.6 Å². The zero-order valence-corrected chi connectivity index (χ0v) is 21.2. The van der Waals surface area contributed by atoms with Crippen LogP contribution in [0.2, 0.25) is 0 Å². The Labute approximate surface area is 211 Å². The normalized spacial score (nSPS) is 24.9. The zero-order valence-electron chi connectivity index (χ0n) is 21.2. The minimum absolute atomic E-state index is 0.0232. The number of ketones is 1. The van der Waals surface area contributed by atoms with Crippen molar-refractivity contribution in [3.8, 4) is 5.75 Å². The van der Waals surface area contributed by atoms with Crippen LogP contribution in [0.4, 0.5) is 17.6 Å². The van der Waals surface area contributed by atoms with Gasteiger partial charge in [0.05, 0.1) is 6.61 Å². The van der Waals surface area contributed by atoms with E-state index in [1.54, 1.807) is 6.92 Å². The summed E-state index contributed by atoms with van der Waals surface area (Å²) < 4.78 is 60.3. The van der Waals surface area contributed by atoms with Crippen LogP contribution in [-0.4, -0.2) is 12.4 Å². The zero-order chi connectivity index (χ0) is 25.9. The summed E-state index contributed by atoms with van der Waals surface area (Å²) >= 11 is 0. The lowest BCUT2D eigenvalue weighted by Crippen LogP contribution is -2.24. The van der Waals surface area contributed by atoms with E-state index < -0.39 is 34.7 Å². The molecule has 6 heteroatoms. The summed E-state index contributed by atoms with van der Waals surface area (Å²) in [4.78, 5) is 12.8. The monoisotopic (exact) mass is 504 g/mol. The van der Waals surface area contributed by atoms with Crippen LogP contribution in [0.5, 0.6) is 5.75 Å². The Morgan fingerprint density at radius 1 is 0.889 bits per heavy atom. The van der Waals surface area contributed by atoms with Crippen LogP contribution in [0.3, 0.4) is 0 Å². The van der Waals surface area contributed by atoms with Crippen molar-refractivity contribution in [3.63, 3.8) is 0 Å². The molecule has 0 N–H and O–H groups in total. The predicted molar refractivity (Wildman–Crippen MR) is 133 cm³/mol. The number of hydrogen-bond donors (Lipinski definition) is 0. The highest BCUT2D eigenvalue weighted by molar-refractivity contribution is 5.99. The largest absolute Gasteiger partial charge is 0.491 e. The molecule has 4 rings (SSSR count). The second kappa shape index (κ2) is 11.4. The highest BCUT2D eigenvalue weighted by Gasteiger charge is 2.40. The Morgan fingerprint density at radius 3 is 2.03 bits per heavy atom. The SMILES string of the molecule is CCOc1ccc(C(=O)Cc2ccc(C3CCC(C4CCC(C)CC4)CC3)cc2)c(C(F)(F)F)c1F. The highest BCUT2D eigenvalue weighted by Crippen LogP contribution is 2.44. The van der Waals surface area contributed by atoms with E-state index in [-0.39, 0.29) is 13.0 Å². The lowest BCUT2D eigenvalue weighted by molar-refractivity contribution is -0.140. The molecule has 2 nitrogen and oxygen atoms in total. The van der Waals surface area contributed by atoms with E-state index in [1.807, 2.05) is 24.3 Å². The molecule has 36 heavy (non-hydrogen) atoms. The van der Waals surface area contributed by atoms with E-state index in [1.165, 1.54) is 44.1 Å². The number of halogens is 4. The number of carbonyl (C=O) groups excluding carboxylic acids is 1. The summed E-state index contributed by atoms with van der Waals surface area (Å²) in [7, 11) is 0. The molecule has 2 saturated carbocycles. The van der Waals surface area contributed by atoms with Gasteiger partial charge >= 0.3 is 6.18 Å². The molecule has 0 spiro atoms. The Bertz CT molecular complexity index is 1030. The Hall–Kier alpha value is -2.37. The Morgan fingerprint density at radius 2 is 1.47 bits per heavy atom. The van der Waals surface area contributed by atoms with Gasteiger partial charge < -0.3 is 4.74 Å². The molecule has 0 atom stereocenters. The summed E-state index contributed by atoms with van der Waals surface area (Å²) in [6.45, 7) is 3.93. The van der Waals surface area contributed by atoms with E-state index in [9.17, 15) is 22.4 Å². The fourth-order valence-corrected chi connectivity index (χ4v) is 6.20. The molecule has 2 aromatic rings. The quantitative estimate of drug-likeness (QED) is 0.278. The maximum absolute atomic E-state index is 14.5. The molecule has 2 aliphatic carbocycles. The number of ether oxygens (including phenoxy) is 1. The number of carbonyl (C=O) groups is 1. The van der Waals surface area contributed by atoms with E-state index >= 15 is 0 Å². The molecule has 2 aliphatic rings. The first-order valence-electron chi connectivity index (χ1n) is 13.3. The number of alkyl halides is 3. The summed E-state index contributed by atoms with van der Waals surface area (Å²) in [5.41, 5.74) is -0.372. The van der Waals surface area contributed by atoms with Crippen LogP contribution in [0.15, 0.2) is 36.4 Å². The third kappa shape index (κ3) is 6.12. The molecule has 0 aliphatic heterocycles. The van der Waals surface area contributed by atoms with Crippen molar-refractivity contribution >= 4 is 5.78 Å². The summed E-state index contributed by atoms with van der Waals surface area (Å²) in [5, 5.41) is 0. The fourth-order valence-electron chi connectivity index (χ4n) is 6.20. The van der Waals surface area contributed by atoms with Crippen molar-refractivity contribution in [2.75, 3.05) is 6.61 Å². The molecule has 0 bridgehead atoms. The van der Waals surface area contributed by atoms with E-state index in [4.69, 9.17) is 4.74 Å². The van der Waals surface area contributed by atoms with E-state index in [2.05, 4.69) is 6.92 Å². The fraction of sp³-hybridized carbons (Fsp3) is 0.567. The molecule has 196 valence electrons. The van der Waals surface area contributed by atoms with Gasteiger partial charge in [0.25, 0.3) is 0 Å². The van der Waals surface area contributed by atoms with Crippen LogP contribution in [0, 0.1) is 23.6 Å². The average molecular weight is 505 g/mol. The molecular weight excluding hydrogens is 468 g/mol. The topological polar surface area (TPSA) is 26.3 Å². The first kappa shape index (κ1) is 26.7. The van der Waals surface area contributed by atoms with E-state index in [0.717, 1.165) is 42.7 Å². The summed E-state index contributed by atoms with van der Waals surface area (Å²) in [6.07, 6.45) is 5.08. The summed E-state index contributed by atoms with van der Waals surface area (Å²) in [5.74, 6) is 0.274. The third-order valence-electron chi connectivity index (χ3n) is 8.31. The molecule has 2 fully saturated rings. The van der Waals surface area contributed by atoms with Gasteiger partial charge in [-0.15, -0.1) is 0 Å². The van der Waals surface area contributed by atoms with Gasteiger partial charge in [0, 0.05) is 12.0 Å².